The minimum atomic E-state index is 0.208. The van der Waals surface area contributed by atoms with E-state index in [1.807, 2.05) is 5.01 Å². The fourth-order valence-corrected chi connectivity index (χ4v) is 1.73. The molecule has 3 aliphatic rings. The summed E-state index contributed by atoms with van der Waals surface area (Å²) < 4.78 is 0. The fourth-order valence-electron chi connectivity index (χ4n) is 1.73. The fraction of sp³-hybridized carbons (Fsp3) is 0.857. The standard InChI is InChI=1S/C7H12N2O/c10-7-5-6-1-3-9(8-7)4-2-6/h6H,1-5H2,(H,8,10). The molecule has 0 unspecified atom stereocenters. The summed E-state index contributed by atoms with van der Waals surface area (Å²) in [5.74, 6) is 0.874. The van der Waals surface area contributed by atoms with Crippen LogP contribution < -0.4 is 5.43 Å². The number of fused-ring (bicyclic) bond motifs is 4. The van der Waals surface area contributed by atoms with Gasteiger partial charge in [0.15, 0.2) is 0 Å². The van der Waals surface area contributed by atoms with Gasteiger partial charge in [0, 0.05) is 19.5 Å². The monoisotopic (exact) mass is 140 g/mol. The van der Waals surface area contributed by atoms with Crippen LogP contribution in [0.1, 0.15) is 19.3 Å². The number of carbonyl (C=O) groups is 1. The van der Waals surface area contributed by atoms with Crippen molar-refractivity contribution in [1.82, 2.24) is 10.4 Å². The first-order chi connectivity index (χ1) is 4.84. The van der Waals surface area contributed by atoms with Crippen LogP contribution in [0.15, 0.2) is 0 Å². The molecule has 3 nitrogen and oxygen atoms in total. The summed E-state index contributed by atoms with van der Waals surface area (Å²) in [6, 6.07) is 0. The van der Waals surface area contributed by atoms with Gasteiger partial charge in [0.05, 0.1) is 0 Å². The van der Waals surface area contributed by atoms with E-state index < -0.39 is 0 Å². The van der Waals surface area contributed by atoms with Crippen molar-refractivity contribution >= 4 is 5.91 Å². The summed E-state index contributed by atoms with van der Waals surface area (Å²) in [6.45, 7) is 2.10. The van der Waals surface area contributed by atoms with Crippen LogP contribution in [0.5, 0.6) is 0 Å². The topological polar surface area (TPSA) is 32.3 Å². The molecule has 3 fully saturated rings. The lowest BCUT2D eigenvalue weighted by Crippen LogP contribution is -2.41. The maximum Gasteiger partial charge on any atom is 0.234 e. The summed E-state index contributed by atoms with van der Waals surface area (Å²) in [6.07, 6.45) is 3.13. The van der Waals surface area contributed by atoms with Crippen molar-refractivity contribution in [2.45, 2.75) is 19.3 Å². The quantitative estimate of drug-likeness (QED) is 0.519. The second kappa shape index (κ2) is 2.23. The molecule has 3 heterocycles. The van der Waals surface area contributed by atoms with Crippen LogP contribution in [0.4, 0.5) is 0 Å². The van der Waals surface area contributed by atoms with Crippen LogP contribution in [0.2, 0.25) is 0 Å². The van der Waals surface area contributed by atoms with E-state index in [-0.39, 0.29) is 5.91 Å². The number of piperidine rings is 1. The van der Waals surface area contributed by atoms with Gasteiger partial charge in [0.1, 0.15) is 0 Å². The average Bonchev–Trinajstić information content (AvgIpc) is 2.17. The Kier molecular flexibility index (Phi) is 1.38. The van der Waals surface area contributed by atoms with Gasteiger partial charge in [-0.1, -0.05) is 0 Å². The lowest BCUT2D eigenvalue weighted by atomic mass is 9.95. The zero-order valence-electron chi connectivity index (χ0n) is 5.97. The van der Waals surface area contributed by atoms with Crippen molar-refractivity contribution in [3.8, 4) is 0 Å². The molecule has 0 aromatic carbocycles. The van der Waals surface area contributed by atoms with E-state index in [4.69, 9.17) is 0 Å². The van der Waals surface area contributed by atoms with Gasteiger partial charge in [0.25, 0.3) is 0 Å². The maximum atomic E-state index is 11.0. The Morgan fingerprint density at radius 2 is 2.10 bits per heavy atom. The Bertz CT molecular complexity index is 134. The number of carbonyl (C=O) groups excluding carboxylic acids is 1. The van der Waals surface area contributed by atoms with Crippen molar-refractivity contribution in [3.05, 3.63) is 0 Å². The van der Waals surface area contributed by atoms with Gasteiger partial charge in [-0.05, 0) is 18.8 Å². The number of nitrogens with zero attached hydrogens (tertiary/aromatic N) is 1. The summed E-state index contributed by atoms with van der Waals surface area (Å²) >= 11 is 0. The van der Waals surface area contributed by atoms with Gasteiger partial charge in [0.2, 0.25) is 5.91 Å². The molecular weight excluding hydrogens is 128 g/mol. The van der Waals surface area contributed by atoms with E-state index in [9.17, 15) is 4.79 Å². The molecule has 0 spiro atoms. The largest absolute Gasteiger partial charge is 0.289 e. The van der Waals surface area contributed by atoms with Crippen LogP contribution in [-0.2, 0) is 4.79 Å². The summed E-state index contributed by atoms with van der Waals surface area (Å²) in [5, 5.41) is 2.03. The first-order valence-corrected chi connectivity index (χ1v) is 3.89. The highest BCUT2D eigenvalue weighted by Gasteiger charge is 2.26. The molecule has 0 aromatic rings. The molecule has 3 saturated heterocycles. The Hall–Kier alpha value is -0.570. The molecule has 3 heteroatoms. The molecule has 1 N–H and O–H groups in total. The number of rotatable bonds is 0. The molecule has 2 bridgehead atoms. The molecule has 3 aliphatic heterocycles. The lowest BCUT2D eigenvalue weighted by Gasteiger charge is -2.25. The molecule has 1 amide bonds. The van der Waals surface area contributed by atoms with Crippen molar-refractivity contribution in [3.63, 3.8) is 0 Å². The first kappa shape index (κ1) is 6.16. The van der Waals surface area contributed by atoms with E-state index in [0.29, 0.717) is 5.92 Å². The lowest BCUT2D eigenvalue weighted by molar-refractivity contribution is -0.124. The van der Waals surface area contributed by atoms with E-state index >= 15 is 0 Å². The molecule has 0 atom stereocenters. The minimum Gasteiger partial charge on any atom is -0.289 e. The van der Waals surface area contributed by atoms with E-state index in [2.05, 4.69) is 5.43 Å². The highest BCUT2D eigenvalue weighted by atomic mass is 16.2. The maximum absolute atomic E-state index is 11.0. The predicted octanol–water partition coefficient (Wildman–Crippen LogP) is 0.133. The van der Waals surface area contributed by atoms with Gasteiger partial charge in [-0.25, -0.2) is 5.01 Å². The number of hydrazine groups is 1. The van der Waals surface area contributed by atoms with Crippen molar-refractivity contribution in [2.75, 3.05) is 13.1 Å². The molecule has 3 rings (SSSR count). The Labute approximate surface area is 60.4 Å². The van der Waals surface area contributed by atoms with Crippen LogP contribution in [0.25, 0.3) is 0 Å². The molecule has 0 aromatic heterocycles. The normalized spacial score (nSPS) is 39.0. The number of amides is 1. The zero-order chi connectivity index (χ0) is 6.97. The summed E-state index contributed by atoms with van der Waals surface area (Å²) in [5.41, 5.74) is 2.86. The summed E-state index contributed by atoms with van der Waals surface area (Å²) in [7, 11) is 0. The molecule has 0 radical (unpaired) electrons. The zero-order valence-corrected chi connectivity index (χ0v) is 5.97. The molecule has 0 saturated carbocycles. The van der Waals surface area contributed by atoms with Gasteiger partial charge in [-0.15, -0.1) is 0 Å². The average molecular weight is 140 g/mol. The second-order valence-electron chi connectivity index (χ2n) is 3.17. The van der Waals surface area contributed by atoms with Crippen LogP contribution >= 0.6 is 0 Å². The SMILES string of the molecule is O=C1CC2CCN(CC2)N1. The molecule has 56 valence electrons. The third kappa shape index (κ3) is 1.01. The number of nitrogens with one attached hydrogen (secondary N) is 1. The Morgan fingerprint density at radius 1 is 1.40 bits per heavy atom. The predicted molar refractivity (Wildman–Crippen MR) is 37.1 cm³/mol. The van der Waals surface area contributed by atoms with Crippen LogP contribution in [-0.4, -0.2) is 24.0 Å². The van der Waals surface area contributed by atoms with Gasteiger partial charge >= 0.3 is 0 Å². The van der Waals surface area contributed by atoms with Crippen LogP contribution in [0, 0.1) is 5.92 Å². The Balaban J connectivity index is 2.12. The minimum absolute atomic E-state index is 0.208. The van der Waals surface area contributed by atoms with Crippen LogP contribution in [0.3, 0.4) is 0 Å². The Morgan fingerprint density at radius 3 is 2.80 bits per heavy atom. The van der Waals surface area contributed by atoms with Crippen molar-refractivity contribution < 1.29 is 4.79 Å². The summed E-state index contributed by atoms with van der Waals surface area (Å²) in [4.78, 5) is 11.0. The molecular formula is C7H12N2O. The smallest absolute Gasteiger partial charge is 0.234 e. The van der Waals surface area contributed by atoms with E-state index in [0.717, 1.165) is 19.5 Å². The highest BCUT2D eigenvalue weighted by Crippen LogP contribution is 2.22. The van der Waals surface area contributed by atoms with E-state index in [1.54, 1.807) is 0 Å². The third-order valence-corrected chi connectivity index (χ3v) is 2.37. The highest BCUT2D eigenvalue weighted by molar-refractivity contribution is 5.76. The third-order valence-electron chi connectivity index (χ3n) is 2.37. The van der Waals surface area contributed by atoms with Crippen molar-refractivity contribution in [2.24, 2.45) is 5.92 Å². The van der Waals surface area contributed by atoms with Crippen molar-refractivity contribution in [1.29, 1.82) is 0 Å². The second-order valence-corrected chi connectivity index (χ2v) is 3.17. The molecule has 10 heavy (non-hydrogen) atoms. The van der Waals surface area contributed by atoms with Gasteiger partial charge in [-0.3, -0.25) is 10.2 Å². The van der Waals surface area contributed by atoms with Gasteiger partial charge < -0.3 is 0 Å². The number of hydrogen-bond donors (Lipinski definition) is 1. The first-order valence-electron chi connectivity index (χ1n) is 3.89. The molecule has 0 aliphatic carbocycles. The van der Waals surface area contributed by atoms with Gasteiger partial charge in [-0.2, -0.15) is 0 Å². The number of hydrogen-bond acceptors (Lipinski definition) is 2. The van der Waals surface area contributed by atoms with E-state index in [1.165, 1.54) is 12.8 Å².